The molecule has 1 aliphatic rings. The number of benzene rings is 2. The lowest BCUT2D eigenvalue weighted by Gasteiger charge is -2.07. The van der Waals surface area contributed by atoms with Crippen LogP contribution in [0.4, 0.5) is 4.39 Å². The number of rotatable bonds is 3. The minimum atomic E-state index is -0.412. The van der Waals surface area contributed by atoms with Crippen molar-refractivity contribution in [3.8, 4) is 11.5 Å². The minimum Gasteiger partial charge on any atom is -0.454 e. The monoisotopic (exact) mass is 307 g/mol. The first-order valence-electron chi connectivity index (χ1n) is 6.25. The molecule has 3 rings (SSSR count). The second-order valence-corrected chi connectivity index (χ2v) is 4.92. The second kappa shape index (κ2) is 5.61. The van der Waals surface area contributed by atoms with Crippen LogP contribution in [-0.4, -0.2) is 12.7 Å². The number of amides is 1. The van der Waals surface area contributed by atoms with E-state index in [1.807, 2.05) is 0 Å². The summed E-state index contributed by atoms with van der Waals surface area (Å²) in [6.45, 7) is 0.202. The first-order chi connectivity index (χ1) is 10.1. The number of hydrogen-bond acceptors (Lipinski definition) is 3. The Morgan fingerprint density at radius 1 is 1.19 bits per heavy atom. The van der Waals surface area contributed by atoms with Gasteiger partial charge in [0.2, 0.25) is 6.79 Å². The van der Waals surface area contributed by atoms with Crippen LogP contribution < -0.4 is 14.8 Å². The van der Waals surface area contributed by atoms with Gasteiger partial charge in [-0.15, -0.1) is 0 Å². The summed E-state index contributed by atoms with van der Waals surface area (Å²) in [5, 5.41) is 3.06. The number of nitrogens with one attached hydrogen (secondary N) is 1. The smallest absolute Gasteiger partial charge is 0.251 e. The Bertz CT molecular complexity index is 705. The molecule has 1 amide bonds. The quantitative estimate of drug-likeness (QED) is 0.947. The van der Waals surface area contributed by atoms with Crippen molar-refractivity contribution in [2.75, 3.05) is 6.79 Å². The summed E-state index contributed by atoms with van der Waals surface area (Å²) in [6, 6.07) is 9.08. The van der Waals surface area contributed by atoms with Crippen molar-refractivity contribution in [3.05, 3.63) is 58.4 Å². The van der Waals surface area contributed by atoms with Crippen molar-refractivity contribution < 1.29 is 18.7 Å². The van der Waals surface area contributed by atoms with E-state index in [0.29, 0.717) is 27.6 Å². The summed E-state index contributed by atoms with van der Waals surface area (Å²) in [5.41, 5.74) is 0.748. The third-order valence-corrected chi connectivity index (χ3v) is 3.32. The molecule has 1 N–H and O–H groups in total. The van der Waals surface area contributed by atoms with Crippen molar-refractivity contribution in [1.29, 1.82) is 0 Å². The Labute approximate surface area is 125 Å². The van der Waals surface area contributed by atoms with Crippen molar-refractivity contribution in [2.45, 2.75) is 6.54 Å². The van der Waals surface area contributed by atoms with Gasteiger partial charge in [0.25, 0.3) is 5.91 Å². The predicted octanol–water partition coefficient (Wildman–Crippen LogP) is 3.14. The second-order valence-electron chi connectivity index (χ2n) is 4.49. The fraction of sp³-hybridized carbons (Fsp3) is 0.133. The summed E-state index contributed by atoms with van der Waals surface area (Å²) < 4.78 is 23.9. The molecule has 0 atom stereocenters. The van der Waals surface area contributed by atoms with E-state index in [0.717, 1.165) is 0 Å². The third kappa shape index (κ3) is 2.92. The molecule has 2 aromatic carbocycles. The molecule has 0 spiro atoms. The summed E-state index contributed by atoms with van der Waals surface area (Å²) in [4.78, 5) is 12.1. The first-order valence-corrected chi connectivity index (χ1v) is 6.63. The molecule has 1 aliphatic heterocycles. The normalized spacial score (nSPS) is 12.3. The summed E-state index contributed by atoms with van der Waals surface area (Å²) in [5.74, 6) is 0.391. The lowest BCUT2D eigenvalue weighted by atomic mass is 10.1. The lowest BCUT2D eigenvalue weighted by molar-refractivity contribution is 0.0950. The molecular formula is C15H11ClFNO3. The number of carbonyl (C=O) groups is 1. The highest BCUT2D eigenvalue weighted by molar-refractivity contribution is 6.30. The number of halogens is 2. The van der Waals surface area contributed by atoms with Crippen molar-refractivity contribution in [2.24, 2.45) is 0 Å². The Hall–Kier alpha value is -2.27. The standard InChI is InChI=1S/C15H11ClFNO3/c16-11-2-3-12(17)10(5-11)7-18-15(19)9-1-4-13-14(6-9)21-8-20-13/h1-6H,7-8H2,(H,18,19). The lowest BCUT2D eigenvalue weighted by Crippen LogP contribution is -2.23. The Morgan fingerprint density at radius 3 is 2.86 bits per heavy atom. The topological polar surface area (TPSA) is 47.6 Å². The van der Waals surface area contributed by atoms with Gasteiger partial charge in [0, 0.05) is 22.7 Å². The summed E-state index contributed by atoms with van der Waals surface area (Å²) in [6.07, 6.45) is 0. The maximum atomic E-state index is 13.6. The number of hydrogen-bond donors (Lipinski definition) is 1. The van der Waals surface area contributed by atoms with Gasteiger partial charge in [-0.05, 0) is 36.4 Å². The molecule has 6 heteroatoms. The van der Waals surface area contributed by atoms with Gasteiger partial charge in [0.1, 0.15) is 5.82 Å². The molecule has 21 heavy (non-hydrogen) atoms. The van der Waals surface area contributed by atoms with Gasteiger partial charge in [-0.2, -0.15) is 0 Å². The zero-order chi connectivity index (χ0) is 14.8. The van der Waals surface area contributed by atoms with Gasteiger partial charge in [0.15, 0.2) is 11.5 Å². The Kier molecular flexibility index (Phi) is 3.66. The molecule has 0 fully saturated rings. The van der Waals surface area contributed by atoms with Crippen LogP contribution in [0.5, 0.6) is 11.5 Å². The van der Waals surface area contributed by atoms with Crippen LogP contribution in [0.2, 0.25) is 5.02 Å². The van der Waals surface area contributed by atoms with Gasteiger partial charge < -0.3 is 14.8 Å². The van der Waals surface area contributed by atoms with E-state index >= 15 is 0 Å². The molecule has 0 saturated heterocycles. The molecule has 0 aromatic heterocycles. The van der Waals surface area contributed by atoms with E-state index in [4.69, 9.17) is 21.1 Å². The first kappa shape index (κ1) is 13.7. The van der Waals surface area contributed by atoms with E-state index in [-0.39, 0.29) is 19.2 Å². The van der Waals surface area contributed by atoms with Crippen LogP contribution >= 0.6 is 11.6 Å². The highest BCUT2D eigenvalue weighted by atomic mass is 35.5. The van der Waals surface area contributed by atoms with Gasteiger partial charge in [-0.3, -0.25) is 4.79 Å². The molecule has 0 radical (unpaired) electrons. The molecule has 108 valence electrons. The maximum Gasteiger partial charge on any atom is 0.251 e. The zero-order valence-corrected chi connectivity index (χ0v) is 11.6. The average molecular weight is 308 g/mol. The highest BCUT2D eigenvalue weighted by Gasteiger charge is 2.16. The van der Waals surface area contributed by atoms with Crippen LogP contribution in [0.15, 0.2) is 36.4 Å². The molecular weight excluding hydrogens is 297 g/mol. The largest absolute Gasteiger partial charge is 0.454 e. The number of fused-ring (bicyclic) bond motifs is 1. The van der Waals surface area contributed by atoms with Crippen LogP contribution in [-0.2, 0) is 6.54 Å². The maximum absolute atomic E-state index is 13.6. The molecule has 1 heterocycles. The van der Waals surface area contributed by atoms with Gasteiger partial charge in [-0.25, -0.2) is 4.39 Å². The fourth-order valence-electron chi connectivity index (χ4n) is 1.99. The van der Waals surface area contributed by atoms with E-state index in [1.165, 1.54) is 18.2 Å². The molecule has 0 aliphatic carbocycles. The molecule has 4 nitrogen and oxygen atoms in total. The van der Waals surface area contributed by atoms with Crippen LogP contribution in [0, 0.1) is 5.82 Å². The number of ether oxygens (including phenoxy) is 2. The average Bonchev–Trinajstić information content (AvgIpc) is 2.95. The Morgan fingerprint density at radius 2 is 2.00 bits per heavy atom. The third-order valence-electron chi connectivity index (χ3n) is 3.08. The van der Waals surface area contributed by atoms with Gasteiger partial charge in [0.05, 0.1) is 0 Å². The molecule has 0 saturated carbocycles. The zero-order valence-electron chi connectivity index (χ0n) is 10.9. The van der Waals surface area contributed by atoms with E-state index in [2.05, 4.69) is 5.32 Å². The molecule has 2 aromatic rings. The minimum absolute atomic E-state index is 0.0552. The summed E-state index contributed by atoms with van der Waals surface area (Å²) in [7, 11) is 0. The highest BCUT2D eigenvalue weighted by Crippen LogP contribution is 2.32. The van der Waals surface area contributed by atoms with E-state index in [9.17, 15) is 9.18 Å². The van der Waals surface area contributed by atoms with Crippen molar-refractivity contribution in [3.63, 3.8) is 0 Å². The van der Waals surface area contributed by atoms with Gasteiger partial charge >= 0.3 is 0 Å². The van der Waals surface area contributed by atoms with Crippen LogP contribution in [0.25, 0.3) is 0 Å². The summed E-state index contributed by atoms with van der Waals surface area (Å²) >= 11 is 5.80. The SMILES string of the molecule is O=C(NCc1cc(Cl)ccc1F)c1ccc2c(c1)OCO2. The fourth-order valence-corrected chi connectivity index (χ4v) is 2.19. The Balaban J connectivity index is 1.70. The predicted molar refractivity (Wildman–Crippen MR) is 75.1 cm³/mol. The molecule has 0 bridgehead atoms. The number of carbonyl (C=O) groups excluding carboxylic acids is 1. The van der Waals surface area contributed by atoms with Crippen LogP contribution in [0.1, 0.15) is 15.9 Å². The van der Waals surface area contributed by atoms with Gasteiger partial charge in [-0.1, -0.05) is 11.6 Å². The van der Waals surface area contributed by atoms with E-state index in [1.54, 1.807) is 18.2 Å². The van der Waals surface area contributed by atoms with Crippen molar-refractivity contribution >= 4 is 17.5 Å². The van der Waals surface area contributed by atoms with E-state index < -0.39 is 5.82 Å². The van der Waals surface area contributed by atoms with Crippen molar-refractivity contribution in [1.82, 2.24) is 5.32 Å². The van der Waals surface area contributed by atoms with Crippen LogP contribution in [0.3, 0.4) is 0 Å². The molecule has 0 unspecified atom stereocenters.